The fraction of sp³-hybridized carbons (Fsp3) is 0.769. The fourth-order valence-electron chi connectivity index (χ4n) is 2.13. The number of carboxylic acids is 1. The molecule has 21 heavy (non-hydrogen) atoms. The van der Waals surface area contributed by atoms with Crippen molar-refractivity contribution in [2.24, 2.45) is 5.92 Å². The highest BCUT2D eigenvalue weighted by molar-refractivity contribution is 5.89. The number of carboxylic acid groups (broad SMARTS) is 1. The molecule has 8 heteroatoms. The molecule has 1 fully saturated rings. The third-order valence-electron chi connectivity index (χ3n) is 3.70. The van der Waals surface area contributed by atoms with E-state index in [9.17, 15) is 19.5 Å². The number of ether oxygens (including phenoxy) is 1. The first-order valence-electron chi connectivity index (χ1n) is 7.01. The highest BCUT2D eigenvalue weighted by atomic mass is 16.5. The molecule has 3 atom stereocenters. The molecule has 0 spiro atoms. The molecule has 120 valence electrons. The van der Waals surface area contributed by atoms with Gasteiger partial charge in [-0.1, -0.05) is 20.3 Å². The van der Waals surface area contributed by atoms with E-state index in [0.717, 1.165) is 0 Å². The number of nitrogens with one attached hydrogen (secondary N) is 2. The maximum Gasteiger partial charge on any atom is 0.326 e. The molecule has 3 N–H and O–H groups in total. The number of amides is 3. The summed E-state index contributed by atoms with van der Waals surface area (Å²) in [7, 11) is 1.48. The number of aliphatic carboxylic acids is 1. The molecule has 0 aliphatic carbocycles. The summed E-state index contributed by atoms with van der Waals surface area (Å²) in [5.41, 5.74) is 0. The number of morpholine rings is 1. The second-order valence-electron chi connectivity index (χ2n) is 5.05. The predicted molar refractivity (Wildman–Crippen MR) is 74.8 cm³/mol. The summed E-state index contributed by atoms with van der Waals surface area (Å²) in [4.78, 5) is 36.6. The van der Waals surface area contributed by atoms with E-state index in [0.29, 0.717) is 13.0 Å². The van der Waals surface area contributed by atoms with Crippen LogP contribution in [0.3, 0.4) is 0 Å². The normalized spacial score (nSPS) is 21.3. The van der Waals surface area contributed by atoms with Crippen molar-refractivity contribution in [2.45, 2.75) is 32.4 Å². The number of nitrogens with zero attached hydrogens (tertiary/aromatic N) is 1. The van der Waals surface area contributed by atoms with Crippen LogP contribution >= 0.6 is 0 Å². The van der Waals surface area contributed by atoms with Crippen LogP contribution in [-0.4, -0.2) is 66.8 Å². The molecule has 1 aliphatic heterocycles. The molecule has 0 saturated carbocycles. The van der Waals surface area contributed by atoms with E-state index in [1.165, 1.54) is 11.9 Å². The molecule has 0 aromatic carbocycles. The van der Waals surface area contributed by atoms with Gasteiger partial charge in [-0.25, -0.2) is 9.59 Å². The van der Waals surface area contributed by atoms with Crippen molar-refractivity contribution in [2.75, 3.05) is 26.8 Å². The molecule has 1 rings (SSSR count). The number of rotatable bonds is 5. The zero-order valence-electron chi connectivity index (χ0n) is 12.6. The second kappa shape index (κ2) is 7.82. The predicted octanol–water partition coefficient (Wildman–Crippen LogP) is -0.358. The molecule has 0 aromatic heterocycles. The first-order chi connectivity index (χ1) is 9.92. The summed E-state index contributed by atoms with van der Waals surface area (Å²) < 4.78 is 5.21. The monoisotopic (exact) mass is 301 g/mol. The van der Waals surface area contributed by atoms with Gasteiger partial charge in [-0.2, -0.15) is 0 Å². The largest absolute Gasteiger partial charge is 0.480 e. The molecule has 0 aromatic rings. The Labute approximate surface area is 123 Å². The van der Waals surface area contributed by atoms with Crippen molar-refractivity contribution in [3.05, 3.63) is 0 Å². The number of carbonyl (C=O) groups is 3. The van der Waals surface area contributed by atoms with Crippen LogP contribution in [0.4, 0.5) is 4.79 Å². The van der Waals surface area contributed by atoms with Gasteiger partial charge in [0.25, 0.3) is 0 Å². The molecule has 3 amide bonds. The number of hydrogen-bond acceptors (Lipinski definition) is 4. The standard InChI is InChI=1S/C13H23N3O5/c1-4-8(2)10(12(18)19)15-13(20)16-5-6-21-7-9(16)11(17)14-3/h8-10H,4-7H2,1-3H3,(H,14,17)(H,15,20)(H,18,19)/t8-,9?,10-/m0/s1. The van der Waals surface area contributed by atoms with Crippen LogP contribution in [0, 0.1) is 5.92 Å². The Kier molecular flexibility index (Phi) is 6.41. The zero-order chi connectivity index (χ0) is 16.0. The van der Waals surface area contributed by atoms with Gasteiger partial charge < -0.3 is 25.4 Å². The minimum atomic E-state index is -1.08. The van der Waals surface area contributed by atoms with Crippen molar-refractivity contribution in [1.82, 2.24) is 15.5 Å². The number of likely N-dealkylation sites (N-methyl/N-ethyl adjacent to an activating group) is 1. The first-order valence-corrected chi connectivity index (χ1v) is 7.01. The Morgan fingerprint density at radius 3 is 2.62 bits per heavy atom. The summed E-state index contributed by atoms with van der Waals surface area (Å²) in [5.74, 6) is -1.62. The molecule has 0 radical (unpaired) electrons. The molecule has 8 nitrogen and oxygen atoms in total. The van der Waals surface area contributed by atoms with E-state index < -0.39 is 24.1 Å². The van der Waals surface area contributed by atoms with Crippen LogP contribution in [0.1, 0.15) is 20.3 Å². The smallest absolute Gasteiger partial charge is 0.326 e. The molecular formula is C13H23N3O5. The first kappa shape index (κ1) is 17.2. The lowest BCUT2D eigenvalue weighted by atomic mass is 9.99. The van der Waals surface area contributed by atoms with Crippen molar-refractivity contribution in [3.8, 4) is 0 Å². The number of carbonyl (C=O) groups excluding carboxylic acids is 2. The van der Waals surface area contributed by atoms with Gasteiger partial charge in [0.15, 0.2) is 0 Å². The molecular weight excluding hydrogens is 278 g/mol. The highest BCUT2D eigenvalue weighted by Crippen LogP contribution is 2.11. The van der Waals surface area contributed by atoms with Gasteiger partial charge in [0.2, 0.25) is 5.91 Å². The summed E-state index contributed by atoms with van der Waals surface area (Å²) in [6.07, 6.45) is 0.624. The van der Waals surface area contributed by atoms with Crippen LogP contribution < -0.4 is 10.6 Å². The van der Waals surface area contributed by atoms with Crippen LogP contribution in [-0.2, 0) is 14.3 Å². The summed E-state index contributed by atoms with van der Waals surface area (Å²) in [5, 5.41) is 14.2. The third kappa shape index (κ3) is 4.32. The number of urea groups is 1. The molecule has 0 bridgehead atoms. The van der Waals surface area contributed by atoms with E-state index in [1.54, 1.807) is 6.92 Å². The van der Waals surface area contributed by atoms with Crippen LogP contribution in [0.15, 0.2) is 0 Å². The molecule has 1 saturated heterocycles. The lowest BCUT2D eigenvalue weighted by Crippen LogP contribution is -2.60. The minimum Gasteiger partial charge on any atom is -0.480 e. The zero-order valence-corrected chi connectivity index (χ0v) is 12.6. The topological polar surface area (TPSA) is 108 Å². The van der Waals surface area contributed by atoms with E-state index in [4.69, 9.17) is 4.74 Å². The quantitative estimate of drug-likeness (QED) is 0.643. The molecule has 1 unspecified atom stereocenters. The van der Waals surface area contributed by atoms with Gasteiger partial charge in [0.1, 0.15) is 12.1 Å². The SMILES string of the molecule is CC[C@H](C)[C@H](NC(=O)N1CCOCC1C(=O)NC)C(=O)O. The average molecular weight is 301 g/mol. The average Bonchev–Trinajstić information content (AvgIpc) is 2.50. The third-order valence-corrected chi connectivity index (χ3v) is 3.70. The van der Waals surface area contributed by atoms with E-state index >= 15 is 0 Å². The van der Waals surface area contributed by atoms with Gasteiger partial charge >= 0.3 is 12.0 Å². The van der Waals surface area contributed by atoms with E-state index in [-0.39, 0.29) is 25.0 Å². The van der Waals surface area contributed by atoms with Crippen molar-refractivity contribution in [3.63, 3.8) is 0 Å². The Morgan fingerprint density at radius 1 is 1.43 bits per heavy atom. The lowest BCUT2D eigenvalue weighted by molar-refractivity contribution is -0.140. The van der Waals surface area contributed by atoms with Gasteiger partial charge in [0.05, 0.1) is 13.2 Å². The van der Waals surface area contributed by atoms with Crippen LogP contribution in [0.2, 0.25) is 0 Å². The van der Waals surface area contributed by atoms with Crippen LogP contribution in [0.25, 0.3) is 0 Å². The number of hydrogen-bond donors (Lipinski definition) is 3. The fourth-order valence-corrected chi connectivity index (χ4v) is 2.13. The van der Waals surface area contributed by atoms with E-state index in [2.05, 4.69) is 10.6 Å². The van der Waals surface area contributed by atoms with Gasteiger partial charge in [-0.15, -0.1) is 0 Å². The minimum absolute atomic E-state index is 0.105. The highest BCUT2D eigenvalue weighted by Gasteiger charge is 2.35. The van der Waals surface area contributed by atoms with Gasteiger partial charge in [-0.05, 0) is 5.92 Å². The Bertz CT molecular complexity index is 401. The second-order valence-corrected chi connectivity index (χ2v) is 5.05. The van der Waals surface area contributed by atoms with Crippen molar-refractivity contribution >= 4 is 17.9 Å². The van der Waals surface area contributed by atoms with Crippen molar-refractivity contribution < 1.29 is 24.2 Å². The van der Waals surface area contributed by atoms with Crippen LogP contribution in [0.5, 0.6) is 0 Å². The maximum absolute atomic E-state index is 12.3. The molecule has 1 aliphatic rings. The van der Waals surface area contributed by atoms with E-state index in [1.807, 2.05) is 6.92 Å². The Balaban J connectivity index is 2.79. The maximum atomic E-state index is 12.3. The summed E-state index contributed by atoms with van der Waals surface area (Å²) in [6.45, 7) is 4.29. The van der Waals surface area contributed by atoms with Gasteiger partial charge in [-0.3, -0.25) is 4.79 Å². The Morgan fingerprint density at radius 2 is 2.10 bits per heavy atom. The lowest BCUT2D eigenvalue weighted by Gasteiger charge is -2.35. The molecule has 1 heterocycles. The van der Waals surface area contributed by atoms with Gasteiger partial charge in [0, 0.05) is 13.6 Å². The summed E-state index contributed by atoms with van der Waals surface area (Å²) >= 11 is 0. The van der Waals surface area contributed by atoms with Crippen molar-refractivity contribution in [1.29, 1.82) is 0 Å². The Hall–Kier alpha value is -1.83. The summed E-state index contributed by atoms with van der Waals surface area (Å²) in [6, 6.07) is -2.27.